The van der Waals surface area contributed by atoms with E-state index in [4.69, 9.17) is 4.74 Å². The number of anilines is 2. The zero-order chi connectivity index (χ0) is 20.1. The molecule has 0 saturated carbocycles. The predicted molar refractivity (Wildman–Crippen MR) is 110 cm³/mol. The van der Waals surface area contributed by atoms with Gasteiger partial charge in [-0.15, -0.1) is 5.10 Å². The molecule has 0 atom stereocenters. The molecule has 0 aliphatic heterocycles. The number of rotatable bonds is 4. The Morgan fingerprint density at radius 1 is 0.929 bits per heavy atom. The number of hydrogen-bond donors (Lipinski definition) is 2. The molecule has 2 N–H and O–H groups in total. The number of carbonyl (C=O) groups is 2. The van der Waals surface area contributed by atoms with E-state index in [2.05, 4.69) is 20.2 Å². The van der Waals surface area contributed by atoms with Crippen LogP contribution in [0, 0.1) is 0 Å². The minimum absolute atomic E-state index is 0.290. The molecule has 0 spiro atoms. The van der Waals surface area contributed by atoms with Crippen molar-refractivity contribution >= 4 is 34.9 Å². The molecule has 1 aromatic heterocycles. The first-order chi connectivity index (χ1) is 13.3. The monoisotopic (exact) mass is 396 g/mol. The fourth-order valence-electron chi connectivity index (χ4n) is 2.37. The summed E-state index contributed by atoms with van der Waals surface area (Å²) in [5.74, 6) is -0.290. The van der Waals surface area contributed by atoms with Crippen LogP contribution in [0.2, 0.25) is 0 Å². The van der Waals surface area contributed by atoms with E-state index in [1.165, 1.54) is 0 Å². The summed E-state index contributed by atoms with van der Waals surface area (Å²) in [6, 6.07) is 16.2. The second-order valence-electron chi connectivity index (χ2n) is 6.98. The zero-order valence-corrected chi connectivity index (χ0v) is 16.5. The lowest BCUT2D eigenvalue weighted by Gasteiger charge is -2.19. The first-order valence-corrected chi connectivity index (χ1v) is 9.38. The van der Waals surface area contributed by atoms with Crippen LogP contribution in [0.25, 0.3) is 11.3 Å². The van der Waals surface area contributed by atoms with Crippen molar-refractivity contribution in [2.24, 2.45) is 0 Å². The third-order valence-electron chi connectivity index (χ3n) is 3.53. The fourth-order valence-corrected chi connectivity index (χ4v) is 2.95. The SMILES string of the molecule is CC(C)(C)OC(=O)Nc1ccc(NC(=O)c2snnc2-c2ccccc2)cc1. The molecule has 3 rings (SSSR count). The van der Waals surface area contributed by atoms with Gasteiger partial charge < -0.3 is 10.1 Å². The van der Waals surface area contributed by atoms with Crippen LogP contribution < -0.4 is 10.6 Å². The van der Waals surface area contributed by atoms with Crippen molar-refractivity contribution in [1.29, 1.82) is 0 Å². The van der Waals surface area contributed by atoms with Gasteiger partial charge in [-0.2, -0.15) is 0 Å². The van der Waals surface area contributed by atoms with Crippen LogP contribution >= 0.6 is 11.5 Å². The van der Waals surface area contributed by atoms with E-state index in [1.807, 2.05) is 30.3 Å². The zero-order valence-electron chi connectivity index (χ0n) is 15.7. The molecule has 3 aromatic rings. The molecule has 144 valence electrons. The van der Waals surface area contributed by atoms with Gasteiger partial charge in [0.15, 0.2) is 0 Å². The third-order valence-corrected chi connectivity index (χ3v) is 4.25. The Morgan fingerprint density at radius 3 is 2.14 bits per heavy atom. The molecule has 8 heteroatoms. The molecule has 0 unspecified atom stereocenters. The second-order valence-corrected chi connectivity index (χ2v) is 7.73. The van der Waals surface area contributed by atoms with Crippen LogP contribution in [0.4, 0.5) is 16.2 Å². The van der Waals surface area contributed by atoms with Crippen molar-refractivity contribution in [2.75, 3.05) is 10.6 Å². The molecule has 0 fully saturated rings. The Balaban J connectivity index is 1.66. The van der Waals surface area contributed by atoms with Crippen LogP contribution in [0.15, 0.2) is 54.6 Å². The van der Waals surface area contributed by atoms with Gasteiger partial charge in [-0.3, -0.25) is 10.1 Å². The van der Waals surface area contributed by atoms with Gasteiger partial charge >= 0.3 is 6.09 Å². The Morgan fingerprint density at radius 2 is 1.54 bits per heavy atom. The van der Waals surface area contributed by atoms with Gasteiger partial charge in [0.1, 0.15) is 16.2 Å². The topological polar surface area (TPSA) is 93.2 Å². The minimum Gasteiger partial charge on any atom is -0.444 e. The highest BCUT2D eigenvalue weighted by molar-refractivity contribution is 7.08. The van der Waals surface area contributed by atoms with Crippen LogP contribution in [0.3, 0.4) is 0 Å². The Bertz CT molecular complexity index is 963. The van der Waals surface area contributed by atoms with Gasteiger partial charge in [-0.25, -0.2) is 4.79 Å². The molecule has 2 amide bonds. The molecular weight excluding hydrogens is 376 g/mol. The summed E-state index contributed by atoms with van der Waals surface area (Å²) in [6.07, 6.45) is -0.535. The van der Waals surface area contributed by atoms with Crippen molar-refractivity contribution in [1.82, 2.24) is 9.59 Å². The molecule has 2 aromatic carbocycles. The lowest BCUT2D eigenvalue weighted by atomic mass is 10.1. The van der Waals surface area contributed by atoms with Crippen molar-refractivity contribution in [3.8, 4) is 11.3 Å². The molecule has 0 saturated heterocycles. The van der Waals surface area contributed by atoms with E-state index in [0.29, 0.717) is 21.9 Å². The molecule has 1 heterocycles. The van der Waals surface area contributed by atoms with E-state index >= 15 is 0 Å². The average Bonchev–Trinajstić information content (AvgIpc) is 3.12. The maximum atomic E-state index is 12.6. The highest BCUT2D eigenvalue weighted by atomic mass is 32.1. The summed E-state index contributed by atoms with van der Waals surface area (Å²) in [5, 5.41) is 9.54. The standard InChI is InChI=1S/C20H20N4O3S/c1-20(2,3)27-19(26)22-15-11-9-14(10-12-15)21-18(25)17-16(23-24-28-17)13-7-5-4-6-8-13/h4-12H,1-3H3,(H,21,25)(H,22,26). The smallest absolute Gasteiger partial charge is 0.412 e. The number of nitrogens with one attached hydrogen (secondary N) is 2. The molecule has 0 bridgehead atoms. The summed E-state index contributed by atoms with van der Waals surface area (Å²) in [7, 11) is 0. The van der Waals surface area contributed by atoms with Crippen LogP contribution in [0.1, 0.15) is 30.4 Å². The van der Waals surface area contributed by atoms with Crippen molar-refractivity contribution in [3.05, 3.63) is 59.5 Å². The largest absolute Gasteiger partial charge is 0.444 e. The van der Waals surface area contributed by atoms with Crippen molar-refractivity contribution in [3.63, 3.8) is 0 Å². The first-order valence-electron chi connectivity index (χ1n) is 8.61. The predicted octanol–water partition coefficient (Wildman–Crippen LogP) is 4.80. The summed E-state index contributed by atoms with van der Waals surface area (Å²) >= 11 is 1.04. The Labute approximate surface area is 166 Å². The normalized spacial score (nSPS) is 11.0. The van der Waals surface area contributed by atoms with Crippen LogP contribution in [-0.2, 0) is 4.74 Å². The number of aromatic nitrogens is 2. The van der Waals surface area contributed by atoms with E-state index in [-0.39, 0.29) is 5.91 Å². The van der Waals surface area contributed by atoms with Gasteiger partial charge in [-0.05, 0) is 56.6 Å². The molecule has 0 radical (unpaired) electrons. The third kappa shape index (κ3) is 5.14. The number of hydrogen-bond acceptors (Lipinski definition) is 6. The number of benzene rings is 2. The lowest BCUT2D eigenvalue weighted by Crippen LogP contribution is -2.27. The molecule has 7 nitrogen and oxygen atoms in total. The lowest BCUT2D eigenvalue weighted by molar-refractivity contribution is 0.0635. The van der Waals surface area contributed by atoms with Gasteiger partial charge in [0.2, 0.25) is 0 Å². The van der Waals surface area contributed by atoms with Crippen LogP contribution in [-0.4, -0.2) is 27.2 Å². The summed E-state index contributed by atoms with van der Waals surface area (Å²) in [5.41, 5.74) is 1.96. The number of nitrogens with zero attached hydrogens (tertiary/aromatic N) is 2. The first kappa shape index (κ1) is 19.5. The van der Waals surface area contributed by atoms with E-state index in [1.54, 1.807) is 45.0 Å². The molecule has 0 aliphatic rings. The minimum atomic E-state index is -0.572. The molecular formula is C20H20N4O3S. The van der Waals surface area contributed by atoms with E-state index in [9.17, 15) is 9.59 Å². The van der Waals surface area contributed by atoms with Gasteiger partial charge in [0, 0.05) is 16.9 Å². The highest BCUT2D eigenvalue weighted by Gasteiger charge is 2.18. The molecule has 0 aliphatic carbocycles. The maximum absolute atomic E-state index is 12.6. The number of ether oxygens (including phenoxy) is 1. The van der Waals surface area contributed by atoms with Gasteiger partial charge in [0.05, 0.1) is 0 Å². The molecule has 28 heavy (non-hydrogen) atoms. The summed E-state index contributed by atoms with van der Waals surface area (Å²) in [6.45, 7) is 5.38. The quantitative estimate of drug-likeness (QED) is 0.660. The average molecular weight is 396 g/mol. The summed E-state index contributed by atoms with van der Waals surface area (Å²) < 4.78 is 9.11. The van der Waals surface area contributed by atoms with Crippen molar-refractivity contribution < 1.29 is 14.3 Å². The fraction of sp³-hybridized carbons (Fsp3) is 0.200. The van der Waals surface area contributed by atoms with E-state index in [0.717, 1.165) is 17.1 Å². The number of carbonyl (C=O) groups excluding carboxylic acids is 2. The van der Waals surface area contributed by atoms with Crippen LogP contribution in [0.5, 0.6) is 0 Å². The Kier molecular flexibility index (Phi) is 5.70. The van der Waals surface area contributed by atoms with E-state index < -0.39 is 11.7 Å². The van der Waals surface area contributed by atoms with Gasteiger partial charge in [-0.1, -0.05) is 34.8 Å². The second kappa shape index (κ2) is 8.18. The van der Waals surface area contributed by atoms with Gasteiger partial charge in [0.25, 0.3) is 5.91 Å². The Hall–Kier alpha value is -3.26. The van der Waals surface area contributed by atoms with Crippen molar-refractivity contribution in [2.45, 2.75) is 26.4 Å². The number of amides is 2. The highest BCUT2D eigenvalue weighted by Crippen LogP contribution is 2.25. The summed E-state index contributed by atoms with van der Waals surface area (Å²) in [4.78, 5) is 24.9. The maximum Gasteiger partial charge on any atom is 0.412 e.